The summed E-state index contributed by atoms with van der Waals surface area (Å²) in [5.41, 5.74) is 0.778. The number of aromatic nitrogens is 1. The van der Waals surface area contributed by atoms with Crippen molar-refractivity contribution in [2.24, 2.45) is 0 Å². The standard InChI is InChI=1S/C11H15ClF2N2O/c1-17-11-9(3-2-5-15-11)7-16(6-4-12)8-10(13)14/h2-3,5,10H,4,6-8H2,1H3. The first-order chi connectivity index (χ1) is 8.17. The average Bonchev–Trinajstić information content (AvgIpc) is 2.29. The Morgan fingerprint density at radius 1 is 1.53 bits per heavy atom. The van der Waals surface area contributed by atoms with Gasteiger partial charge in [-0.1, -0.05) is 6.07 Å². The molecule has 1 heterocycles. The second kappa shape index (κ2) is 7.40. The van der Waals surface area contributed by atoms with Gasteiger partial charge in [0.25, 0.3) is 6.43 Å². The summed E-state index contributed by atoms with van der Waals surface area (Å²) in [6.07, 6.45) is -0.776. The molecule has 0 atom stereocenters. The summed E-state index contributed by atoms with van der Waals surface area (Å²) in [6, 6.07) is 3.55. The Labute approximate surface area is 104 Å². The van der Waals surface area contributed by atoms with Gasteiger partial charge in [-0.2, -0.15) is 0 Å². The topological polar surface area (TPSA) is 25.4 Å². The van der Waals surface area contributed by atoms with Crippen molar-refractivity contribution in [3.63, 3.8) is 0 Å². The lowest BCUT2D eigenvalue weighted by Gasteiger charge is -2.21. The Bertz CT molecular complexity index is 339. The monoisotopic (exact) mass is 264 g/mol. The third-order valence-corrected chi connectivity index (χ3v) is 2.40. The van der Waals surface area contributed by atoms with E-state index in [-0.39, 0.29) is 6.54 Å². The second-order valence-electron chi connectivity index (χ2n) is 3.49. The van der Waals surface area contributed by atoms with E-state index in [9.17, 15) is 8.78 Å². The van der Waals surface area contributed by atoms with Gasteiger partial charge in [0.05, 0.1) is 13.7 Å². The lowest BCUT2D eigenvalue weighted by molar-refractivity contribution is 0.0873. The predicted molar refractivity (Wildman–Crippen MR) is 62.8 cm³/mol. The lowest BCUT2D eigenvalue weighted by Crippen LogP contribution is -2.30. The molecule has 0 saturated heterocycles. The minimum Gasteiger partial charge on any atom is -0.481 e. The number of halogens is 3. The number of alkyl halides is 3. The number of methoxy groups -OCH3 is 1. The Balaban J connectivity index is 2.70. The van der Waals surface area contributed by atoms with Crippen LogP contribution in [0.25, 0.3) is 0 Å². The fourth-order valence-electron chi connectivity index (χ4n) is 1.52. The first kappa shape index (κ1) is 14.1. The SMILES string of the molecule is COc1ncccc1CN(CCCl)CC(F)F. The quantitative estimate of drug-likeness (QED) is 0.707. The summed E-state index contributed by atoms with van der Waals surface area (Å²) in [6.45, 7) is 0.461. The first-order valence-electron chi connectivity index (χ1n) is 5.21. The van der Waals surface area contributed by atoms with Crippen molar-refractivity contribution < 1.29 is 13.5 Å². The average molecular weight is 265 g/mol. The zero-order chi connectivity index (χ0) is 12.7. The van der Waals surface area contributed by atoms with E-state index < -0.39 is 6.43 Å². The maximum atomic E-state index is 12.4. The molecular weight excluding hydrogens is 250 g/mol. The zero-order valence-corrected chi connectivity index (χ0v) is 10.3. The highest BCUT2D eigenvalue weighted by atomic mass is 35.5. The number of hydrogen-bond acceptors (Lipinski definition) is 3. The number of hydrogen-bond donors (Lipinski definition) is 0. The summed E-state index contributed by atoms with van der Waals surface area (Å²) in [7, 11) is 1.50. The summed E-state index contributed by atoms with van der Waals surface area (Å²) < 4.78 is 29.8. The molecule has 0 fully saturated rings. The highest BCUT2D eigenvalue weighted by molar-refractivity contribution is 6.18. The maximum Gasteiger partial charge on any atom is 0.251 e. The van der Waals surface area contributed by atoms with Crippen molar-refractivity contribution in [2.75, 3.05) is 26.1 Å². The van der Waals surface area contributed by atoms with Gasteiger partial charge in [0.15, 0.2) is 0 Å². The molecule has 0 saturated carbocycles. The van der Waals surface area contributed by atoms with Crippen LogP contribution in [0.3, 0.4) is 0 Å². The number of ether oxygens (including phenoxy) is 1. The predicted octanol–water partition coefficient (Wildman–Crippen LogP) is 2.40. The highest BCUT2D eigenvalue weighted by Crippen LogP contribution is 2.16. The smallest absolute Gasteiger partial charge is 0.251 e. The molecule has 0 unspecified atom stereocenters. The molecule has 0 aliphatic heterocycles. The minimum atomic E-state index is -2.37. The van der Waals surface area contributed by atoms with E-state index in [1.165, 1.54) is 7.11 Å². The molecule has 0 aliphatic carbocycles. The summed E-state index contributed by atoms with van der Waals surface area (Å²) in [5.74, 6) is 0.774. The van der Waals surface area contributed by atoms with Crippen molar-refractivity contribution in [3.05, 3.63) is 23.9 Å². The molecule has 0 N–H and O–H groups in total. The van der Waals surface area contributed by atoms with Crippen LogP contribution in [0.1, 0.15) is 5.56 Å². The molecule has 96 valence electrons. The Morgan fingerprint density at radius 2 is 2.29 bits per heavy atom. The van der Waals surface area contributed by atoms with Crippen LogP contribution in [-0.2, 0) is 6.54 Å². The van der Waals surface area contributed by atoms with Crippen LogP contribution in [-0.4, -0.2) is 42.4 Å². The Morgan fingerprint density at radius 3 is 2.88 bits per heavy atom. The van der Waals surface area contributed by atoms with E-state index >= 15 is 0 Å². The van der Waals surface area contributed by atoms with Gasteiger partial charge in [-0.25, -0.2) is 13.8 Å². The summed E-state index contributed by atoms with van der Waals surface area (Å²) >= 11 is 5.59. The molecule has 0 radical (unpaired) electrons. The highest BCUT2D eigenvalue weighted by Gasteiger charge is 2.14. The van der Waals surface area contributed by atoms with Crippen LogP contribution in [0.4, 0.5) is 8.78 Å². The molecular formula is C11H15ClF2N2O. The van der Waals surface area contributed by atoms with Crippen LogP contribution < -0.4 is 4.74 Å². The maximum absolute atomic E-state index is 12.4. The largest absolute Gasteiger partial charge is 0.481 e. The molecule has 1 rings (SSSR count). The van der Waals surface area contributed by atoms with Crippen molar-refractivity contribution in [3.8, 4) is 5.88 Å². The van der Waals surface area contributed by atoms with E-state index in [1.54, 1.807) is 23.2 Å². The minimum absolute atomic E-state index is 0.301. The molecule has 0 aromatic carbocycles. The van der Waals surface area contributed by atoms with E-state index in [0.29, 0.717) is 24.8 Å². The molecule has 0 amide bonds. The third-order valence-electron chi connectivity index (χ3n) is 2.23. The second-order valence-corrected chi connectivity index (χ2v) is 3.86. The molecule has 0 aliphatic rings. The fraction of sp³-hybridized carbons (Fsp3) is 0.545. The van der Waals surface area contributed by atoms with Gasteiger partial charge in [-0.3, -0.25) is 4.90 Å². The van der Waals surface area contributed by atoms with E-state index in [1.807, 2.05) is 0 Å². The number of pyridine rings is 1. The van der Waals surface area contributed by atoms with E-state index in [2.05, 4.69) is 4.98 Å². The van der Waals surface area contributed by atoms with Crippen molar-refractivity contribution in [1.82, 2.24) is 9.88 Å². The molecule has 0 spiro atoms. The van der Waals surface area contributed by atoms with Crippen LogP contribution in [0.15, 0.2) is 18.3 Å². The van der Waals surface area contributed by atoms with Gasteiger partial charge in [0.2, 0.25) is 5.88 Å². The van der Waals surface area contributed by atoms with Gasteiger partial charge < -0.3 is 4.74 Å². The zero-order valence-electron chi connectivity index (χ0n) is 9.57. The van der Waals surface area contributed by atoms with Gasteiger partial charge >= 0.3 is 0 Å². The summed E-state index contributed by atoms with van der Waals surface area (Å²) in [4.78, 5) is 5.60. The Kier molecular flexibility index (Phi) is 6.15. The Hall–Kier alpha value is -0.940. The molecule has 1 aromatic rings. The summed E-state index contributed by atoms with van der Waals surface area (Å²) in [5, 5.41) is 0. The third kappa shape index (κ3) is 4.83. The number of nitrogens with zero attached hydrogens (tertiary/aromatic N) is 2. The van der Waals surface area contributed by atoms with Crippen molar-refractivity contribution in [2.45, 2.75) is 13.0 Å². The lowest BCUT2D eigenvalue weighted by atomic mass is 10.2. The first-order valence-corrected chi connectivity index (χ1v) is 5.75. The van der Waals surface area contributed by atoms with Crippen LogP contribution in [0, 0.1) is 0 Å². The van der Waals surface area contributed by atoms with Gasteiger partial charge in [-0.05, 0) is 6.07 Å². The van der Waals surface area contributed by atoms with Crippen LogP contribution >= 0.6 is 11.6 Å². The van der Waals surface area contributed by atoms with Gasteiger partial charge in [0.1, 0.15) is 0 Å². The normalized spacial score (nSPS) is 11.2. The van der Waals surface area contributed by atoms with E-state index in [4.69, 9.17) is 16.3 Å². The van der Waals surface area contributed by atoms with Crippen LogP contribution in [0.2, 0.25) is 0 Å². The van der Waals surface area contributed by atoms with E-state index in [0.717, 1.165) is 5.56 Å². The number of rotatable bonds is 7. The molecule has 1 aromatic heterocycles. The molecule has 0 bridgehead atoms. The molecule has 6 heteroatoms. The van der Waals surface area contributed by atoms with Crippen molar-refractivity contribution >= 4 is 11.6 Å². The molecule has 17 heavy (non-hydrogen) atoms. The molecule has 3 nitrogen and oxygen atoms in total. The van der Waals surface area contributed by atoms with Gasteiger partial charge in [-0.15, -0.1) is 11.6 Å². The fourth-order valence-corrected chi connectivity index (χ4v) is 1.76. The van der Waals surface area contributed by atoms with Crippen LogP contribution in [0.5, 0.6) is 5.88 Å². The van der Waals surface area contributed by atoms with Crippen molar-refractivity contribution in [1.29, 1.82) is 0 Å². The van der Waals surface area contributed by atoms with Gasteiger partial charge in [0, 0.05) is 30.7 Å².